The van der Waals surface area contributed by atoms with Gasteiger partial charge in [0.15, 0.2) is 5.82 Å². The lowest BCUT2D eigenvalue weighted by Crippen LogP contribution is -2.31. The van der Waals surface area contributed by atoms with Gasteiger partial charge in [-0.05, 0) is 32.0 Å². The number of rotatable bonds is 9. The Morgan fingerprint density at radius 3 is 2.25 bits per heavy atom. The van der Waals surface area contributed by atoms with Crippen molar-refractivity contribution in [2.24, 2.45) is 7.05 Å². The fourth-order valence-electron chi connectivity index (χ4n) is 3.68. The summed E-state index contributed by atoms with van der Waals surface area (Å²) < 4.78 is 43.9. The first-order chi connectivity index (χ1) is 17.2. The van der Waals surface area contributed by atoms with Gasteiger partial charge in [0.1, 0.15) is 22.9 Å². The van der Waals surface area contributed by atoms with Gasteiger partial charge >= 0.3 is 0 Å². The Morgan fingerprint density at radius 2 is 1.69 bits per heavy atom. The first-order valence-corrected chi connectivity index (χ1v) is 12.7. The average molecular weight is 513 g/mol. The van der Waals surface area contributed by atoms with Crippen LogP contribution in [0.3, 0.4) is 0 Å². The number of ether oxygens (including phenoxy) is 2. The van der Waals surface area contributed by atoms with Gasteiger partial charge in [-0.25, -0.2) is 8.42 Å². The molecule has 0 saturated heterocycles. The SMILES string of the molecule is COc1cccc(OC)c1-n1c(NS(=O)(=O)C(C)C(C)c2cnc(C)cn2)nnc1-c1ccn(C)n1. The maximum Gasteiger partial charge on any atom is 0.243 e. The number of hydrogen-bond acceptors (Lipinski definition) is 9. The van der Waals surface area contributed by atoms with Crippen molar-refractivity contribution >= 4 is 16.0 Å². The first kappa shape index (κ1) is 25.1. The van der Waals surface area contributed by atoms with Gasteiger partial charge < -0.3 is 9.47 Å². The second-order valence-corrected chi connectivity index (χ2v) is 10.3. The van der Waals surface area contributed by atoms with Gasteiger partial charge in [0.05, 0.1) is 30.9 Å². The molecular formula is C23H28N8O4S. The largest absolute Gasteiger partial charge is 0.494 e. The van der Waals surface area contributed by atoms with E-state index in [1.807, 2.05) is 6.92 Å². The van der Waals surface area contributed by atoms with Crippen LogP contribution in [0.2, 0.25) is 0 Å². The third-order valence-electron chi connectivity index (χ3n) is 5.93. The van der Waals surface area contributed by atoms with Crippen molar-refractivity contribution in [2.45, 2.75) is 31.9 Å². The van der Waals surface area contributed by atoms with Gasteiger partial charge in [0.25, 0.3) is 0 Å². The molecule has 0 bridgehead atoms. The number of benzene rings is 1. The summed E-state index contributed by atoms with van der Waals surface area (Å²) in [7, 11) is 0.846. The maximum atomic E-state index is 13.5. The van der Waals surface area contributed by atoms with Crippen molar-refractivity contribution in [3.8, 4) is 28.7 Å². The number of anilines is 1. The van der Waals surface area contributed by atoms with Crippen LogP contribution in [0, 0.1) is 6.92 Å². The van der Waals surface area contributed by atoms with Crippen LogP contribution in [0.25, 0.3) is 17.2 Å². The Morgan fingerprint density at radius 1 is 1.00 bits per heavy atom. The highest BCUT2D eigenvalue weighted by Crippen LogP contribution is 2.37. The van der Waals surface area contributed by atoms with E-state index in [9.17, 15) is 8.42 Å². The highest BCUT2D eigenvalue weighted by molar-refractivity contribution is 7.93. The zero-order chi connectivity index (χ0) is 26.0. The lowest BCUT2D eigenvalue weighted by atomic mass is 10.1. The molecule has 3 heterocycles. The summed E-state index contributed by atoms with van der Waals surface area (Å²) in [6, 6.07) is 6.99. The van der Waals surface area contributed by atoms with Crippen molar-refractivity contribution in [3.05, 3.63) is 54.2 Å². The molecule has 190 valence electrons. The minimum atomic E-state index is -3.95. The molecule has 0 aliphatic carbocycles. The van der Waals surface area contributed by atoms with Crippen molar-refractivity contribution in [2.75, 3.05) is 18.9 Å². The third kappa shape index (κ3) is 4.73. The van der Waals surface area contributed by atoms with E-state index in [1.165, 1.54) is 18.8 Å². The zero-order valence-electron chi connectivity index (χ0n) is 20.9. The van der Waals surface area contributed by atoms with Crippen molar-refractivity contribution in [3.63, 3.8) is 0 Å². The van der Waals surface area contributed by atoms with E-state index in [-0.39, 0.29) is 5.95 Å². The molecule has 1 N–H and O–H groups in total. The average Bonchev–Trinajstić information content (AvgIpc) is 3.48. The highest BCUT2D eigenvalue weighted by atomic mass is 32.2. The molecule has 0 fully saturated rings. The van der Waals surface area contributed by atoms with E-state index in [1.54, 1.807) is 68.4 Å². The summed E-state index contributed by atoms with van der Waals surface area (Å²) in [6.45, 7) is 5.22. The first-order valence-electron chi connectivity index (χ1n) is 11.1. The summed E-state index contributed by atoms with van der Waals surface area (Å²) in [6.07, 6.45) is 4.96. The molecule has 1 aromatic carbocycles. The summed E-state index contributed by atoms with van der Waals surface area (Å²) >= 11 is 0. The molecule has 0 saturated carbocycles. The van der Waals surface area contributed by atoms with Crippen LogP contribution in [-0.4, -0.2) is 62.4 Å². The minimum Gasteiger partial charge on any atom is -0.494 e. The fourth-order valence-corrected chi connectivity index (χ4v) is 4.93. The number of methoxy groups -OCH3 is 2. The Hall–Kier alpha value is -4.00. The Bertz CT molecular complexity index is 1440. The van der Waals surface area contributed by atoms with E-state index in [4.69, 9.17) is 9.47 Å². The number of nitrogens with zero attached hydrogens (tertiary/aromatic N) is 7. The van der Waals surface area contributed by atoms with Crippen molar-refractivity contribution in [1.29, 1.82) is 0 Å². The zero-order valence-corrected chi connectivity index (χ0v) is 21.7. The Kier molecular flexibility index (Phi) is 6.93. The molecule has 36 heavy (non-hydrogen) atoms. The lowest BCUT2D eigenvalue weighted by Gasteiger charge is -2.21. The number of sulfonamides is 1. The molecule has 0 amide bonds. The fraction of sp³-hybridized carbons (Fsp3) is 0.348. The van der Waals surface area contributed by atoms with Crippen LogP contribution >= 0.6 is 0 Å². The molecule has 13 heteroatoms. The topological polar surface area (TPSA) is 139 Å². The molecule has 4 rings (SSSR count). The van der Waals surface area contributed by atoms with Crippen molar-refractivity contribution in [1.82, 2.24) is 34.5 Å². The van der Waals surface area contributed by atoms with Crippen LogP contribution in [-0.2, 0) is 17.1 Å². The van der Waals surface area contributed by atoms with Crippen molar-refractivity contribution < 1.29 is 17.9 Å². The van der Waals surface area contributed by atoms with E-state index in [0.29, 0.717) is 34.4 Å². The molecular weight excluding hydrogens is 484 g/mol. The molecule has 4 aromatic rings. The van der Waals surface area contributed by atoms with E-state index in [0.717, 1.165) is 5.69 Å². The summed E-state index contributed by atoms with van der Waals surface area (Å²) in [5.74, 6) is 0.697. The Labute approximate surface area is 209 Å². The predicted octanol–water partition coefficient (Wildman–Crippen LogP) is 2.72. The second kappa shape index (κ2) is 9.93. The maximum absolute atomic E-state index is 13.5. The molecule has 3 aromatic heterocycles. The Balaban J connectivity index is 1.81. The lowest BCUT2D eigenvalue weighted by molar-refractivity contribution is 0.391. The smallest absolute Gasteiger partial charge is 0.243 e. The van der Waals surface area contributed by atoms with Gasteiger partial charge in [-0.1, -0.05) is 13.0 Å². The number of aryl methyl sites for hydroxylation is 2. The molecule has 2 atom stereocenters. The quantitative estimate of drug-likeness (QED) is 0.358. The number of aromatic nitrogens is 7. The molecule has 0 aliphatic heterocycles. The third-order valence-corrected chi connectivity index (χ3v) is 7.78. The van der Waals surface area contributed by atoms with E-state index >= 15 is 0 Å². The molecule has 0 aliphatic rings. The van der Waals surface area contributed by atoms with Crippen LogP contribution < -0.4 is 14.2 Å². The predicted molar refractivity (Wildman–Crippen MR) is 134 cm³/mol. The van der Waals surface area contributed by atoms with Crippen LogP contribution in [0.1, 0.15) is 31.2 Å². The van der Waals surface area contributed by atoms with Gasteiger partial charge in [0.2, 0.25) is 16.0 Å². The second-order valence-electron chi connectivity index (χ2n) is 8.29. The van der Waals surface area contributed by atoms with Crippen LogP contribution in [0.4, 0.5) is 5.95 Å². The summed E-state index contributed by atoms with van der Waals surface area (Å²) in [5.41, 5.74) is 2.23. The van der Waals surface area contributed by atoms with Crippen LogP contribution in [0.15, 0.2) is 42.9 Å². The van der Waals surface area contributed by atoms with Gasteiger partial charge in [-0.2, -0.15) is 5.10 Å². The van der Waals surface area contributed by atoms with E-state index < -0.39 is 21.2 Å². The number of para-hydroxylation sites is 1. The van der Waals surface area contributed by atoms with Crippen LogP contribution in [0.5, 0.6) is 11.5 Å². The highest BCUT2D eigenvalue weighted by Gasteiger charge is 2.32. The van der Waals surface area contributed by atoms with Gasteiger partial charge in [-0.15, -0.1) is 10.2 Å². The standard InChI is InChI=1S/C23H28N8O4S/c1-14-12-25-18(13-24-14)15(2)16(3)36(32,33)29-23-27-26-22(17-10-11-30(4)28-17)31(23)21-19(34-5)8-7-9-20(21)35-6/h7-13,15-16H,1-6H3,(H,27,29). The molecule has 0 radical (unpaired) electrons. The molecule has 0 spiro atoms. The summed E-state index contributed by atoms with van der Waals surface area (Å²) in [4.78, 5) is 8.58. The summed E-state index contributed by atoms with van der Waals surface area (Å²) in [5, 5.41) is 12.0. The van der Waals surface area contributed by atoms with E-state index in [2.05, 4.69) is 30.0 Å². The number of nitrogens with one attached hydrogen (secondary N) is 1. The molecule has 2 unspecified atom stereocenters. The minimum absolute atomic E-state index is 0.0347. The van der Waals surface area contributed by atoms with Gasteiger partial charge in [0, 0.05) is 31.6 Å². The van der Waals surface area contributed by atoms with Gasteiger partial charge in [-0.3, -0.25) is 23.9 Å². The normalized spacial score (nSPS) is 13.3. The number of hydrogen-bond donors (Lipinski definition) is 1. The monoisotopic (exact) mass is 512 g/mol. The molecule has 12 nitrogen and oxygen atoms in total.